The Labute approximate surface area is 137 Å². The van der Waals surface area contributed by atoms with E-state index in [1.165, 1.54) is 23.4 Å². The monoisotopic (exact) mass is 336 g/mol. The minimum Gasteiger partial charge on any atom is -0.353 e. The highest BCUT2D eigenvalue weighted by molar-refractivity contribution is 6.30. The molecule has 8 heteroatoms. The molecule has 120 valence electrons. The molecule has 23 heavy (non-hydrogen) atoms. The lowest BCUT2D eigenvalue weighted by molar-refractivity contribution is -0.138. The molecular formula is C15H14ClFN4O2. The van der Waals surface area contributed by atoms with Gasteiger partial charge in [0.2, 0.25) is 5.91 Å². The molecule has 2 N–H and O–H groups in total. The average Bonchev–Trinajstić information content (AvgIpc) is 2.57. The summed E-state index contributed by atoms with van der Waals surface area (Å²) in [5.41, 5.74) is 1.26. The Morgan fingerprint density at radius 2 is 2.26 bits per heavy atom. The Bertz CT molecular complexity index is 719. The second-order valence-electron chi connectivity index (χ2n) is 5.19. The van der Waals surface area contributed by atoms with Gasteiger partial charge in [-0.2, -0.15) is 0 Å². The third kappa shape index (κ3) is 3.34. The number of hydrogen-bond acceptors (Lipinski definition) is 4. The molecule has 3 rings (SSSR count). The van der Waals surface area contributed by atoms with Crippen LogP contribution in [0, 0.1) is 5.82 Å². The highest BCUT2D eigenvalue weighted by Crippen LogP contribution is 2.22. The lowest BCUT2D eigenvalue weighted by Gasteiger charge is -2.29. The molecule has 1 aromatic rings. The van der Waals surface area contributed by atoms with Gasteiger partial charge in [-0.25, -0.2) is 4.39 Å². The molecule has 2 aliphatic rings. The standard InChI is InChI=1S/C15H14ClFN4O2/c16-10-5-9(1-2-11(10)17)12-6-13(20-8-19-12)15(23)21-4-3-18-14(22)7-21/h1-2,5-6,8,13H,3-4,7H2,(H,18,22)(H,19,20). The fraction of sp³-hybridized carbons (Fsp3) is 0.267. The van der Waals surface area contributed by atoms with Gasteiger partial charge in [-0.05, 0) is 29.8 Å². The molecule has 1 fully saturated rings. The molecule has 2 amide bonds. The summed E-state index contributed by atoms with van der Waals surface area (Å²) in [6, 6.07) is 3.58. The number of hydrogen-bond donors (Lipinski definition) is 2. The molecule has 1 saturated heterocycles. The topological polar surface area (TPSA) is 73.8 Å². The van der Waals surface area contributed by atoms with Crippen LogP contribution in [-0.4, -0.2) is 48.7 Å². The normalized spacial score (nSPS) is 20.6. The Morgan fingerprint density at radius 3 is 3.00 bits per heavy atom. The minimum atomic E-state index is -0.721. The molecule has 2 aliphatic heterocycles. The van der Waals surface area contributed by atoms with Crippen molar-refractivity contribution in [2.45, 2.75) is 6.04 Å². The third-order valence-corrected chi connectivity index (χ3v) is 3.90. The number of rotatable bonds is 2. The van der Waals surface area contributed by atoms with Crippen molar-refractivity contribution >= 4 is 35.5 Å². The van der Waals surface area contributed by atoms with Crippen LogP contribution < -0.4 is 10.6 Å². The van der Waals surface area contributed by atoms with E-state index < -0.39 is 11.9 Å². The van der Waals surface area contributed by atoms with Crippen molar-refractivity contribution in [3.63, 3.8) is 0 Å². The predicted molar refractivity (Wildman–Crippen MR) is 84.4 cm³/mol. The van der Waals surface area contributed by atoms with Gasteiger partial charge in [-0.1, -0.05) is 11.6 Å². The smallest absolute Gasteiger partial charge is 0.252 e. The second-order valence-corrected chi connectivity index (χ2v) is 5.59. The lowest BCUT2D eigenvalue weighted by atomic mass is 10.1. The number of benzene rings is 1. The van der Waals surface area contributed by atoms with Crippen LogP contribution in [0.4, 0.5) is 4.39 Å². The molecule has 0 aromatic heterocycles. The molecule has 1 atom stereocenters. The van der Waals surface area contributed by atoms with E-state index in [0.717, 1.165) is 0 Å². The van der Waals surface area contributed by atoms with Crippen molar-refractivity contribution in [1.82, 2.24) is 15.5 Å². The van der Waals surface area contributed by atoms with Gasteiger partial charge in [-0.3, -0.25) is 14.6 Å². The summed E-state index contributed by atoms with van der Waals surface area (Å²) in [5, 5.41) is 5.59. The van der Waals surface area contributed by atoms with Crippen LogP contribution >= 0.6 is 11.6 Å². The number of carbonyl (C=O) groups excluding carboxylic acids is 2. The van der Waals surface area contributed by atoms with Gasteiger partial charge in [0.25, 0.3) is 5.91 Å². The molecule has 0 saturated carbocycles. The summed E-state index contributed by atoms with van der Waals surface area (Å²) in [6.45, 7) is 0.919. The van der Waals surface area contributed by atoms with Crippen LogP contribution in [-0.2, 0) is 9.59 Å². The Balaban J connectivity index is 1.80. The number of nitrogens with zero attached hydrogens (tertiary/aromatic N) is 2. The maximum Gasteiger partial charge on any atom is 0.252 e. The van der Waals surface area contributed by atoms with Crippen molar-refractivity contribution in [2.75, 3.05) is 19.6 Å². The van der Waals surface area contributed by atoms with Crippen molar-refractivity contribution < 1.29 is 14.0 Å². The molecule has 0 aliphatic carbocycles. The van der Waals surface area contributed by atoms with Crippen LogP contribution in [0.15, 0.2) is 29.3 Å². The maximum atomic E-state index is 13.3. The quantitative estimate of drug-likeness (QED) is 0.838. The molecule has 1 aromatic carbocycles. The number of piperazine rings is 1. The van der Waals surface area contributed by atoms with Crippen LogP contribution in [0.2, 0.25) is 5.02 Å². The Kier molecular flexibility index (Phi) is 4.29. The largest absolute Gasteiger partial charge is 0.353 e. The molecule has 0 spiro atoms. The van der Waals surface area contributed by atoms with E-state index in [-0.39, 0.29) is 23.4 Å². The molecular weight excluding hydrogens is 323 g/mol. The Morgan fingerprint density at radius 1 is 1.43 bits per heavy atom. The molecule has 0 radical (unpaired) electrons. The first-order chi connectivity index (χ1) is 11.0. The second kappa shape index (κ2) is 6.37. The van der Waals surface area contributed by atoms with Crippen molar-refractivity contribution in [3.05, 3.63) is 40.7 Å². The molecule has 0 bridgehead atoms. The van der Waals surface area contributed by atoms with Crippen molar-refractivity contribution in [3.8, 4) is 0 Å². The zero-order chi connectivity index (χ0) is 16.4. The predicted octanol–water partition coefficient (Wildman–Crippen LogP) is 0.779. The zero-order valence-corrected chi connectivity index (χ0v) is 12.8. The number of halogens is 2. The van der Waals surface area contributed by atoms with E-state index in [0.29, 0.717) is 24.4 Å². The van der Waals surface area contributed by atoms with Gasteiger partial charge in [-0.15, -0.1) is 0 Å². The first-order valence-corrected chi connectivity index (χ1v) is 7.43. The van der Waals surface area contributed by atoms with E-state index >= 15 is 0 Å². The summed E-state index contributed by atoms with van der Waals surface area (Å²) in [5.74, 6) is -0.937. The highest BCUT2D eigenvalue weighted by atomic mass is 35.5. The number of aliphatic imine (C=N–C) groups is 1. The number of carbonyl (C=O) groups is 2. The molecule has 6 nitrogen and oxygen atoms in total. The summed E-state index contributed by atoms with van der Waals surface area (Å²) >= 11 is 5.79. The van der Waals surface area contributed by atoms with Gasteiger partial charge >= 0.3 is 0 Å². The average molecular weight is 337 g/mol. The van der Waals surface area contributed by atoms with E-state index in [4.69, 9.17) is 11.6 Å². The van der Waals surface area contributed by atoms with Crippen LogP contribution in [0.3, 0.4) is 0 Å². The lowest BCUT2D eigenvalue weighted by Crippen LogP contribution is -2.52. The zero-order valence-electron chi connectivity index (χ0n) is 12.1. The number of nitrogens with one attached hydrogen (secondary N) is 2. The Hall–Kier alpha value is -2.41. The summed E-state index contributed by atoms with van der Waals surface area (Å²) < 4.78 is 13.3. The third-order valence-electron chi connectivity index (χ3n) is 3.61. The SMILES string of the molecule is O=C1CN(C(=O)C2C=C(c3ccc(F)c(Cl)c3)NC=N2)CCN1. The molecule has 1 unspecified atom stereocenters. The fourth-order valence-corrected chi connectivity index (χ4v) is 2.61. The minimum absolute atomic E-state index is 0.00305. The summed E-state index contributed by atoms with van der Waals surface area (Å²) in [6.07, 6.45) is 3.05. The van der Waals surface area contributed by atoms with Crippen molar-refractivity contribution in [2.24, 2.45) is 4.99 Å². The summed E-state index contributed by atoms with van der Waals surface area (Å²) in [7, 11) is 0. The van der Waals surface area contributed by atoms with Gasteiger partial charge in [0.1, 0.15) is 5.82 Å². The van der Waals surface area contributed by atoms with E-state index in [9.17, 15) is 14.0 Å². The van der Waals surface area contributed by atoms with Gasteiger partial charge in [0.05, 0.1) is 17.9 Å². The summed E-state index contributed by atoms with van der Waals surface area (Å²) in [4.78, 5) is 29.4. The molecule has 2 heterocycles. The van der Waals surface area contributed by atoms with Crippen LogP contribution in [0.5, 0.6) is 0 Å². The van der Waals surface area contributed by atoms with E-state index in [2.05, 4.69) is 15.6 Å². The maximum absolute atomic E-state index is 13.3. The van der Waals surface area contributed by atoms with Crippen LogP contribution in [0.25, 0.3) is 5.70 Å². The van der Waals surface area contributed by atoms with Gasteiger partial charge in [0, 0.05) is 18.8 Å². The first kappa shape index (κ1) is 15.5. The van der Waals surface area contributed by atoms with Crippen LogP contribution in [0.1, 0.15) is 5.56 Å². The number of amides is 2. The first-order valence-electron chi connectivity index (χ1n) is 7.05. The highest BCUT2D eigenvalue weighted by Gasteiger charge is 2.27. The van der Waals surface area contributed by atoms with Gasteiger partial charge in [0.15, 0.2) is 6.04 Å². The van der Waals surface area contributed by atoms with Crippen molar-refractivity contribution in [1.29, 1.82) is 0 Å². The van der Waals surface area contributed by atoms with E-state index in [1.807, 2.05) is 0 Å². The van der Waals surface area contributed by atoms with Gasteiger partial charge < -0.3 is 15.5 Å². The van der Waals surface area contributed by atoms with E-state index in [1.54, 1.807) is 12.1 Å². The fourth-order valence-electron chi connectivity index (χ4n) is 2.43.